The fourth-order valence-corrected chi connectivity index (χ4v) is 5.67. The Bertz CT molecular complexity index is 1120. The molecule has 0 aliphatic carbocycles. The van der Waals surface area contributed by atoms with Gasteiger partial charge in [-0.3, -0.25) is 14.7 Å². The monoisotopic (exact) mass is 455 g/mol. The zero-order valence-corrected chi connectivity index (χ0v) is 20.1. The predicted octanol–water partition coefficient (Wildman–Crippen LogP) is 4.78. The van der Waals surface area contributed by atoms with Gasteiger partial charge >= 0.3 is 0 Å². The molecular weight excluding hydrogens is 422 g/mol. The highest BCUT2D eigenvalue weighted by Gasteiger charge is 2.49. The molecule has 3 aromatic rings. The van der Waals surface area contributed by atoms with Gasteiger partial charge in [0.15, 0.2) is 0 Å². The normalized spacial score (nSPS) is 22.9. The average molecular weight is 456 g/mol. The summed E-state index contributed by atoms with van der Waals surface area (Å²) in [5.41, 5.74) is 5.74. The van der Waals surface area contributed by atoms with E-state index in [-0.39, 0.29) is 5.91 Å². The van der Waals surface area contributed by atoms with Crippen LogP contribution < -0.4 is 0 Å². The number of methoxy groups -OCH3 is 1. The Morgan fingerprint density at radius 1 is 1.03 bits per heavy atom. The van der Waals surface area contributed by atoms with Crippen LogP contribution in [-0.4, -0.2) is 66.1 Å². The van der Waals surface area contributed by atoms with Crippen molar-refractivity contribution in [3.8, 4) is 11.1 Å². The summed E-state index contributed by atoms with van der Waals surface area (Å²) < 4.78 is 5.64. The molecule has 0 saturated carbocycles. The molecule has 0 spiro atoms. The van der Waals surface area contributed by atoms with Gasteiger partial charge < -0.3 is 9.64 Å². The van der Waals surface area contributed by atoms with E-state index in [0.29, 0.717) is 30.2 Å². The lowest BCUT2D eigenvalue weighted by Crippen LogP contribution is -2.68. The third-order valence-corrected chi connectivity index (χ3v) is 7.36. The van der Waals surface area contributed by atoms with Crippen molar-refractivity contribution in [2.24, 2.45) is 0 Å². The fraction of sp³-hybridized carbons (Fsp3) is 0.379. The number of rotatable bonds is 5. The van der Waals surface area contributed by atoms with Gasteiger partial charge in [0.2, 0.25) is 0 Å². The van der Waals surface area contributed by atoms with Crippen molar-refractivity contribution < 1.29 is 9.53 Å². The molecule has 5 heteroatoms. The summed E-state index contributed by atoms with van der Waals surface area (Å²) in [6.07, 6.45) is 5.50. The van der Waals surface area contributed by atoms with E-state index in [9.17, 15) is 4.79 Å². The van der Waals surface area contributed by atoms with E-state index >= 15 is 0 Å². The van der Waals surface area contributed by atoms with Crippen molar-refractivity contribution in [1.82, 2.24) is 14.8 Å². The lowest BCUT2D eigenvalue weighted by Gasteiger charge is -2.57. The van der Waals surface area contributed by atoms with Crippen LogP contribution in [0.15, 0.2) is 73.1 Å². The number of hydrogen-bond acceptors (Lipinski definition) is 4. The van der Waals surface area contributed by atoms with Crippen LogP contribution in [0.5, 0.6) is 0 Å². The average Bonchev–Trinajstić information content (AvgIpc) is 2.85. The van der Waals surface area contributed by atoms with Gasteiger partial charge in [0.05, 0.1) is 12.2 Å². The summed E-state index contributed by atoms with van der Waals surface area (Å²) in [7, 11) is 1.79. The first-order chi connectivity index (χ1) is 16.7. The molecule has 0 radical (unpaired) electrons. The maximum atomic E-state index is 13.3. The van der Waals surface area contributed by atoms with Crippen molar-refractivity contribution in [3.63, 3.8) is 0 Å². The number of nitrogens with zero attached hydrogens (tertiary/aromatic N) is 3. The van der Waals surface area contributed by atoms with Crippen molar-refractivity contribution in [1.29, 1.82) is 0 Å². The summed E-state index contributed by atoms with van der Waals surface area (Å²) in [6, 6.07) is 22.0. The molecule has 5 nitrogen and oxygen atoms in total. The Kier molecular flexibility index (Phi) is 6.75. The molecule has 2 saturated heterocycles. The van der Waals surface area contributed by atoms with Gasteiger partial charge in [0, 0.05) is 50.6 Å². The first kappa shape index (κ1) is 22.8. The Hall–Kier alpha value is -3.02. The standard InChI is InChI=1S/C29H33N3O2/c1-21-7-5-8-24(17-21)22-10-12-23(13-11-22)28-26-19-31(29(33)25-9-6-14-30-18-25)15-3-4-16-32(26)27(28)20-34-2/h5-14,17-18,26-28H,3-4,15-16,19-20H2,1-2H3/t26-,27+,28-/m1/s1. The highest BCUT2D eigenvalue weighted by molar-refractivity contribution is 5.93. The molecule has 176 valence electrons. The molecule has 0 bridgehead atoms. The Morgan fingerprint density at radius 2 is 1.85 bits per heavy atom. The van der Waals surface area contributed by atoms with Crippen molar-refractivity contribution >= 4 is 5.91 Å². The summed E-state index contributed by atoms with van der Waals surface area (Å²) >= 11 is 0. The minimum absolute atomic E-state index is 0.0821. The van der Waals surface area contributed by atoms with E-state index in [4.69, 9.17) is 4.74 Å². The molecule has 34 heavy (non-hydrogen) atoms. The number of aryl methyl sites for hydroxylation is 1. The summed E-state index contributed by atoms with van der Waals surface area (Å²) in [5.74, 6) is 0.424. The minimum atomic E-state index is 0.0821. The molecule has 1 aromatic heterocycles. The molecule has 1 amide bonds. The molecule has 0 N–H and O–H groups in total. The number of pyridine rings is 1. The van der Waals surface area contributed by atoms with Crippen LogP contribution in [0.2, 0.25) is 0 Å². The molecule has 2 fully saturated rings. The lowest BCUT2D eigenvalue weighted by molar-refractivity contribution is -0.0680. The van der Waals surface area contributed by atoms with Crippen molar-refractivity contribution in [2.45, 2.75) is 37.8 Å². The van der Waals surface area contributed by atoms with Gasteiger partial charge in [0.25, 0.3) is 5.91 Å². The van der Waals surface area contributed by atoms with Crippen molar-refractivity contribution in [2.75, 3.05) is 33.4 Å². The third kappa shape index (κ3) is 4.50. The summed E-state index contributed by atoms with van der Waals surface area (Å²) in [4.78, 5) is 22.0. The second-order valence-corrected chi connectivity index (χ2v) is 9.55. The van der Waals surface area contributed by atoms with Crippen LogP contribution in [0.3, 0.4) is 0 Å². The molecule has 3 atom stereocenters. The van der Waals surface area contributed by atoms with E-state index in [1.807, 2.05) is 17.0 Å². The fourth-order valence-electron chi connectivity index (χ4n) is 5.67. The quantitative estimate of drug-likeness (QED) is 0.556. The van der Waals surface area contributed by atoms with Gasteiger partial charge in [0.1, 0.15) is 0 Å². The second kappa shape index (κ2) is 10.1. The Balaban J connectivity index is 1.40. The maximum Gasteiger partial charge on any atom is 0.255 e. The molecular formula is C29H33N3O2. The second-order valence-electron chi connectivity index (χ2n) is 9.55. The molecule has 0 unspecified atom stereocenters. The van der Waals surface area contributed by atoms with E-state index < -0.39 is 0 Å². The number of fused-ring (bicyclic) bond motifs is 1. The smallest absolute Gasteiger partial charge is 0.255 e. The van der Waals surface area contributed by atoms with Gasteiger partial charge in [-0.2, -0.15) is 0 Å². The highest BCUT2D eigenvalue weighted by Crippen LogP contribution is 2.42. The maximum absolute atomic E-state index is 13.3. The highest BCUT2D eigenvalue weighted by atomic mass is 16.5. The third-order valence-electron chi connectivity index (χ3n) is 7.36. The van der Waals surface area contributed by atoms with E-state index in [2.05, 4.69) is 65.3 Å². The van der Waals surface area contributed by atoms with E-state index in [1.54, 1.807) is 19.5 Å². The number of carbonyl (C=O) groups excluding carboxylic acids is 1. The lowest BCUT2D eigenvalue weighted by atomic mass is 9.74. The van der Waals surface area contributed by atoms with Crippen LogP contribution in [0.1, 0.15) is 40.2 Å². The zero-order chi connectivity index (χ0) is 23.5. The molecule has 5 rings (SSSR count). The number of amides is 1. The number of carbonyl (C=O) groups is 1. The van der Waals surface area contributed by atoms with Crippen LogP contribution in [0.25, 0.3) is 11.1 Å². The van der Waals surface area contributed by atoms with E-state index in [1.165, 1.54) is 22.3 Å². The van der Waals surface area contributed by atoms with E-state index in [0.717, 1.165) is 32.5 Å². The number of ether oxygens (including phenoxy) is 1. The molecule has 2 aromatic carbocycles. The molecule has 2 aliphatic heterocycles. The molecule has 2 aliphatic rings. The summed E-state index contributed by atoms with van der Waals surface area (Å²) in [6.45, 7) is 5.43. The van der Waals surface area contributed by atoms with Gasteiger partial charge in [-0.25, -0.2) is 0 Å². The van der Waals surface area contributed by atoms with Gasteiger partial charge in [-0.1, -0.05) is 54.1 Å². The largest absolute Gasteiger partial charge is 0.383 e. The number of benzene rings is 2. The zero-order valence-electron chi connectivity index (χ0n) is 20.1. The van der Waals surface area contributed by atoms with Crippen LogP contribution >= 0.6 is 0 Å². The first-order valence-electron chi connectivity index (χ1n) is 12.3. The van der Waals surface area contributed by atoms with Crippen LogP contribution in [0.4, 0.5) is 0 Å². The number of aromatic nitrogens is 1. The van der Waals surface area contributed by atoms with Crippen LogP contribution in [-0.2, 0) is 4.74 Å². The van der Waals surface area contributed by atoms with Crippen LogP contribution in [0, 0.1) is 6.92 Å². The predicted molar refractivity (Wildman–Crippen MR) is 135 cm³/mol. The number of hydrogen-bond donors (Lipinski definition) is 0. The SMILES string of the molecule is COC[C@H]1[C@H](c2ccc(-c3cccc(C)c3)cc2)[C@H]2CN(C(=O)c3cccnc3)CCCCN21. The summed E-state index contributed by atoms with van der Waals surface area (Å²) in [5, 5.41) is 0. The van der Waals surface area contributed by atoms with Crippen molar-refractivity contribution in [3.05, 3.63) is 89.7 Å². The van der Waals surface area contributed by atoms with Gasteiger partial charge in [-0.15, -0.1) is 0 Å². The Labute approximate surface area is 202 Å². The topological polar surface area (TPSA) is 45.7 Å². The minimum Gasteiger partial charge on any atom is -0.383 e. The van der Waals surface area contributed by atoms with Gasteiger partial charge in [-0.05, 0) is 55.1 Å². The molecule has 3 heterocycles. The first-order valence-corrected chi connectivity index (χ1v) is 12.3. The Morgan fingerprint density at radius 3 is 2.59 bits per heavy atom.